The molecule has 2 aromatic rings. The van der Waals surface area contributed by atoms with Gasteiger partial charge in [-0.05, 0) is 17.5 Å². The van der Waals surface area contributed by atoms with Crippen molar-refractivity contribution in [2.75, 3.05) is 0 Å². The van der Waals surface area contributed by atoms with Crippen molar-refractivity contribution in [3.63, 3.8) is 0 Å². The summed E-state index contributed by atoms with van der Waals surface area (Å²) in [5, 5.41) is 2.00. The van der Waals surface area contributed by atoms with Crippen LogP contribution in [0.25, 0.3) is 0 Å². The van der Waals surface area contributed by atoms with Crippen LogP contribution in [0.3, 0.4) is 0 Å². The molecule has 0 amide bonds. The van der Waals surface area contributed by atoms with E-state index < -0.39 is 0 Å². The Kier molecular flexibility index (Phi) is 3.14. The second kappa shape index (κ2) is 4.55. The molecule has 0 saturated carbocycles. The zero-order chi connectivity index (χ0) is 10.7. The summed E-state index contributed by atoms with van der Waals surface area (Å²) in [6.07, 6.45) is 1.06. The Balaban J connectivity index is 2.22. The van der Waals surface area contributed by atoms with E-state index in [1.165, 1.54) is 5.56 Å². The molecule has 2 nitrogen and oxygen atoms in total. The Hall–Kier alpha value is -1.19. The van der Waals surface area contributed by atoms with Gasteiger partial charge in [-0.3, -0.25) is 0 Å². The zero-order valence-electron chi connectivity index (χ0n) is 8.68. The summed E-state index contributed by atoms with van der Waals surface area (Å²) >= 11 is 1.58. The number of thiazole rings is 1. The third-order valence-electron chi connectivity index (χ3n) is 2.52. The first-order valence-corrected chi connectivity index (χ1v) is 5.98. The first-order chi connectivity index (χ1) is 7.31. The highest BCUT2D eigenvalue weighted by Gasteiger charge is 2.09. The van der Waals surface area contributed by atoms with Gasteiger partial charge in [0.25, 0.3) is 0 Å². The summed E-state index contributed by atoms with van der Waals surface area (Å²) in [5.41, 5.74) is 11.3. The van der Waals surface area contributed by atoms with E-state index >= 15 is 0 Å². The second-order valence-corrected chi connectivity index (χ2v) is 4.20. The lowest BCUT2D eigenvalue weighted by Crippen LogP contribution is -2.11. The molecule has 0 aliphatic rings. The fourth-order valence-electron chi connectivity index (χ4n) is 1.51. The minimum atomic E-state index is -0.0952. The van der Waals surface area contributed by atoms with E-state index in [1.807, 2.05) is 10.9 Å². The highest BCUT2D eigenvalue weighted by molar-refractivity contribution is 7.07. The van der Waals surface area contributed by atoms with Crippen molar-refractivity contribution < 1.29 is 0 Å². The van der Waals surface area contributed by atoms with Crippen molar-refractivity contribution in [1.82, 2.24) is 4.98 Å². The van der Waals surface area contributed by atoms with Gasteiger partial charge in [0.2, 0.25) is 0 Å². The van der Waals surface area contributed by atoms with Gasteiger partial charge >= 0.3 is 0 Å². The van der Waals surface area contributed by atoms with Crippen molar-refractivity contribution in [3.8, 4) is 0 Å². The van der Waals surface area contributed by atoms with Crippen LogP contribution in [0.1, 0.15) is 29.8 Å². The number of rotatable bonds is 3. The van der Waals surface area contributed by atoms with Crippen molar-refractivity contribution in [1.29, 1.82) is 0 Å². The number of benzene rings is 1. The van der Waals surface area contributed by atoms with Gasteiger partial charge in [0.05, 0.1) is 17.2 Å². The normalized spacial score (nSPS) is 12.7. The van der Waals surface area contributed by atoms with Gasteiger partial charge in [-0.1, -0.05) is 31.2 Å². The maximum atomic E-state index is 6.10. The molecule has 0 aliphatic heterocycles. The van der Waals surface area contributed by atoms with Crippen LogP contribution >= 0.6 is 11.3 Å². The number of aryl methyl sites for hydroxylation is 1. The smallest absolute Gasteiger partial charge is 0.0795 e. The molecule has 1 aromatic carbocycles. The van der Waals surface area contributed by atoms with Crippen LogP contribution in [0.15, 0.2) is 35.2 Å². The minimum Gasteiger partial charge on any atom is -0.319 e. The fraction of sp³-hybridized carbons (Fsp3) is 0.250. The van der Waals surface area contributed by atoms with E-state index in [-0.39, 0.29) is 6.04 Å². The predicted octanol–water partition coefficient (Wildman–Crippen LogP) is 2.75. The van der Waals surface area contributed by atoms with E-state index in [4.69, 9.17) is 5.73 Å². The molecule has 78 valence electrons. The Morgan fingerprint density at radius 3 is 2.60 bits per heavy atom. The molecule has 0 radical (unpaired) electrons. The molecule has 1 unspecified atom stereocenters. The Labute approximate surface area is 93.8 Å². The van der Waals surface area contributed by atoms with E-state index in [9.17, 15) is 0 Å². The highest BCUT2D eigenvalue weighted by Crippen LogP contribution is 2.19. The zero-order valence-corrected chi connectivity index (χ0v) is 9.50. The van der Waals surface area contributed by atoms with Gasteiger partial charge < -0.3 is 5.73 Å². The SMILES string of the molecule is CCc1ccc(C(N)c2cscn2)cc1. The summed E-state index contributed by atoms with van der Waals surface area (Å²) in [6, 6.07) is 8.33. The number of nitrogens with two attached hydrogens (primary N) is 1. The minimum absolute atomic E-state index is 0.0952. The summed E-state index contributed by atoms with van der Waals surface area (Å²) in [5.74, 6) is 0. The molecule has 1 atom stereocenters. The van der Waals surface area contributed by atoms with Gasteiger partial charge in [-0.15, -0.1) is 11.3 Å². The van der Waals surface area contributed by atoms with Gasteiger partial charge in [-0.2, -0.15) is 0 Å². The van der Waals surface area contributed by atoms with E-state index in [0.717, 1.165) is 17.7 Å². The number of nitrogens with zero attached hydrogens (tertiary/aromatic N) is 1. The average Bonchev–Trinajstić information content (AvgIpc) is 2.82. The predicted molar refractivity (Wildman–Crippen MR) is 64.0 cm³/mol. The molecule has 1 heterocycles. The highest BCUT2D eigenvalue weighted by atomic mass is 32.1. The van der Waals surface area contributed by atoms with E-state index in [2.05, 4.69) is 36.2 Å². The van der Waals surface area contributed by atoms with Crippen LogP contribution in [0.4, 0.5) is 0 Å². The Morgan fingerprint density at radius 1 is 1.33 bits per heavy atom. The molecule has 1 aromatic heterocycles. The first-order valence-electron chi connectivity index (χ1n) is 5.03. The standard InChI is InChI=1S/C12H14N2S/c1-2-9-3-5-10(6-4-9)12(13)11-7-15-8-14-11/h3-8,12H,2,13H2,1H3. The maximum Gasteiger partial charge on any atom is 0.0795 e. The van der Waals surface area contributed by atoms with Crippen LogP contribution in [0.2, 0.25) is 0 Å². The van der Waals surface area contributed by atoms with Crippen LogP contribution in [0.5, 0.6) is 0 Å². The van der Waals surface area contributed by atoms with Crippen molar-refractivity contribution in [2.45, 2.75) is 19.4 Å². The van der Waals surface area contributed by atoms with E-state index in [1.54, 1.807) is 11.3 Å². The van der Waals surface area contributed by atoms with Crippen LogP contribution in [0, 0.1) is 0 Å². The number of hydrogen-bond donors (Lipinski definition) is 1. The van der Waals surface area contributed by atoms with Crippen LogP contribution in [-0.4, -0.2) is 4.98 Å². The molecule has 2 N–H and O–H groups in total. The number of aromatic nitrogens is 1. The van der Waals surface area contributed by atoms with Crippen LogP contribution in [-0.2, 0) is 6.42 Å². The third kappa shape index (κ3) is 2.25. The van der Waals surface area contributed by atoms with Crippen molar-refractivity contribution >= 4 is 11.3 Å². The second-order valence-electron chi connectivity index (χ2n) is 3.49. The van der Waals surface area contributed by atoms with Gasteiger partial charge in [-0.25, -0.2) is 4.98 Å². The third-order valence-corrected chi connectivity index (χ3v) is 3.12. The average molecular weight is 218 g/mol. The lowest BCUT2D eigenvalue weighted by Gasteiger charge is -2.09. The quantitative estimate of drug-likeness (QED) is 0.860. The molecule has 0 saturated heterocycles. The van der Waals surface area contributed by atoms with Crippen molar-refractivity contribution in [2.24, 2.45) is 5.73 Å². The molecular weight excluding hydrogens is 204 g/mol. The Bertz CT molecular complexity index is 406. The summed E-state index contributed by atoms with van der Waals surface area (Å²) < 4.78 is 0. The largest absolute Gasteiger partial charge is 0.319 e. The Morgan fingerprint density at radius 2 is 2.07 bits per heavy atom. The summed E-state index contributed by atoms with van der Waals surface area (Å²) in [4.78, 5) is 4.23. The molecule has 0 aliphatic carbocycles. The molecular formula is C12H14N2S. The summed E-state index contributed by atoms with van der Waals surface area (Å²) in [7, 11) is 0. The fourth-order valence-corrected chi connectivity index (χ4v) is 2.10. The van der Waals surface area contributed by atoms with Crippen molar-refractivity contribution in [3.05, 3.63) is 52.0 Å². The summed E-state index contributed by atoms with van der Waals surface area (Å²) in [6.45, 7) is 2.15. The van der Waals surface area contributed by atoms with E-state index in [0.29, 0.717) is 0 Å². The van der Waals surface area contributed by atoms with Crippen LogP contribution < -0.4 is 5.73 Å². The molecule has 0 fully saturated rings. The number of hydrogen-bond acceptors (Lipinski definition) is 3. The maximum absolute atomic E-state index is 6.10. The van der Waals surface area contributed by atoms with Gasteiger partial charge in [0.15, 0.2) is 0 Å². The topological polar surface area (TPSA) is 38.9 Å². The molecule has 0 spiro atoms. The molecule has 0 bridgehead atoms. The lowest BCUT2D eigenvalue weighted by atomic mass is 10.0. The first kappa shape index (κ1) is 10.3. The molecule has 2 rings (SSSR count). The lowest BCUT2D eigenvalue weighted by molar-refractivity contribution is 0.837. The van der Waals surface area contributed by atoms with Gasteiger partial charge in [0, 0.05) is 5.38 Å². The molecule has 3 heteroatoms. The molecule has 15 heavy (non-hydrogen) atoms. The van der Waals surface area contributed by atoms with Gasteiger partial charge in [0.1, 0.15) is 0 Å². The monoisotopic (exact) mass is 218 g/mol.